The van der Waals surface area contributed by atoms with Crippen molar-refractivity contribution in [2.24, 2.45) is 7.05 Å². The molecular formula is C17H18F3NO4S. The van der Waals surface area contributed by atoms with Crippen LogP contribution in [0.3, 0.4) is 0 Å². The van der Waals surface area contributed by atoms with Crippen molar-refractivity contribution in [2.75, 3.05) is 12.9 Å². The number of nitrogens with zero attached hydrogens (tertiary/aromatic N) is 1. The van der Waals surface area contributed by atoms with Gasteiger partial charge in [-0.15, -0.1) is 0 Å². The molecule has 26 heavy (non-hydrogen) atoms. The standard InChI is InChI=1S/C17H18F3NO4S/c1-11-8-12(10-21(2)16(11)22)14-9-13(26(3,23)24)4-5-15(14)25-7-6-17(18,19)20/h4-5,8-10H,6-7H2,1-3H3. The number of sulfone groups is 1. The fourth-order valence-corrected chi connectivity index (χ4v) is 3.04. The Morgan fingerprint density at radius 3 is 2.38 bits per heavy atom. The van der Waals surface area contributed by atoms with Crippen LogP contribution < -0.4 is 10.3 Å². The lowest BCUT2D eigenvalue weighted by molar-refractivity contribution is -0.139. The summed E-state index contributed by atoms with van der Waals surface area (Å²) in [5.41, 5.74) is 0.953. The van der Waals surface area contributed by atoms with Crippen LogP contribution in [-0.2, 0) is 16.9 Å². The number of rotatable bonds is 5. The van der Waals surface area contributed by atoms with Gasteiger partial charge in [-0.05, 0) is 31.2 Å². The van der Waals surface area contributed by atoms with E-state index in [0.717, 1.165) is 6.26 Å². The molecule has 142 valence electrons. The SMILES string of the molecule is Cc1cc(-c2cc(S(C)(=O)=O)ccc2OCCC(F)(F)F)cn(C)c1=O. The lowest BCUT2D eigenvalue weighted by atomic mass is 10.0. The van der Waals surface area contributed by atoms with Crippen molar-refractivity contribution in [2.45, 2.75) is 24.4 Å². The van der Waals surface area contributed by atoms with Gasteiger partial charge in [0.15, 0.2) is 9.84 Å². The van der Waals surface area contributed by atoms with E-state index in [1.807, 2.05) is 0 Å². The third kappa shape index (κ3) is 4.87. The van der Waals surface area contributed by atoms with E-state index in [1.165, 1.54) is 36.0 Å². The summed E-state index contributed by atoms with van der Waals surface area (Å²) in [5, 5.41) is 0. The van der Waals surface area contributed by atoms with Crippen LogP contribution >= 0.6 is 0 Å². The van der Waals surface area contributed by atoms with Crippen molar-refractivity contribution in [3.05, 3.63) is 46.4 Å². The summed E-state index contributed by atoms with van der Waals surface area (Å²) >= 11 is 0. The predicted octanol–water partition coefficient (Wildman–Crippen LogP) is 3.10. The highest BCUT2D eigenvalue weighted by atomic mass is 32.2. The Morgan fingerprint density at radius 2 is 1.85 bits per heavy atom. The molecule has 0 unspecified atom stereocenters. The molecule has 2 aromatic rings. The third-order valence-corrected chi connectivity index (χ3v) is 4.81. The highest BCUT2D eigenvalue weighted by Gasteiger charge is 2.27. The summed E-state index contributed by atoms with van der Waals surface area (Å²) in [7, 11) is -2.00. The van der Waals surface area contributed by atoms with Gasteiger partial charge < -0.3 is 9.30 Å². The number of pyridine rings is 1. The number of aryl methyl sites for hydroxylation is 2. The first-order chi connectivity index (χ1) is 11.9. The van der Waals surface area contributed by atoms with Gasteiger partial charge in [0.05, 0.1) is 17.9 Å². The first-order valence-corrected chi connectivity index (χ1v) is 9.49. The van der Waals surface area contributed by atoms with Crippen LogP contribution in [0.5, 0.6) is 5.75 Å². The maximum Gasteiger partial charge on any atom is 0.392 e. The summed E-state index contributed by atoms with van der Waals surface area (Å²) in [5.74, 6) is 0.111. The normalized spacial score (nSPS) is 12.2. The Hall–Kier alpha value is -2.29. The molecule has 0 atom stereocenters. The van der Waals surface area contributed by atoms with E-state index >= 15 is 0 Å². The molecule has 0 N–H and O–H groups in total. The molecule has 0 saturated carbocycles. The average Bonchev–Trinajstić information content (AvgIpc) is 2.50. The van der Waals surface area contributed by atoms with E-state index in [9.17, 15) is 26.4 Å². The molecule has 0 fully saturated rings. The maximum atomic E-state index is 12.4. The van der Waals surface area contributed by atoms with Crippen LogP contribution in [0.2, 0.25) is 0 Å². The van der Waals surface area contributed by atoms with Crippen molar-refractivity contribution >= 4 is 9.84 Å². The fraction of sp³-hybridized carbons (Fsp3) is 0.353. The molecule has 0 aliphatic rings. The van der Waals surface area contributed by atoms with Gasteiger partial charge in [-0.3, -0.25) is 4.79 Å². The molecule has 9 heteroatoms. The van der Waals surface area contributed by atoms with Gasteiger partial charge in [0, 0.05) is 36.2 Å². The van der Waals surface area contributed by atoms with Crippen molar-refractivity contribution in [3.63, 3.8) is 0 Å². The van der Waals surface area contributed by atoms with Crippen LogP contribution in [0, 0.1) is 6.92 Å². The lowest BCUT2D eigenvalue weighted by Gasteiger charge is -2.15. The zero-order chi connectivity index (χ0) is 19.7. The number of alkyl halides is 3. The molecule has 0 spiro atoms. The number of benzene rings is 1. The molecule has 0 saturated heterocycles. The van der Waals surface area contributed by atoms with Gasteiger partial charge in [0.25, 0.3) is 5.56 Å². The number of halogens is 3. The molecule has 0 amide bonds. The summed E-state index contributed by atoms with van der Waals surface area (Å²) in [4.78, 5) is 11.9. The first kappa shape index (κ1) is 20.0. The minimum absolute atomic E-state index is 0.00202. The smallest absolute Gasteiger partial charge is 0.392 e. The van der Waals surface area contributed by atoms with Gasteiger partial charge in [0.1, 0.15) is 5.75 Å². The van der Waals surface area contributed by atoms with E-state index < -0.39 is 29.0 Å². The van der Waals surface area contributed by atoms with E-state index in [1.54, 1.807) is 13.0 Å². The second-order valence-electron chi connectivity index (χ2n) is 5.97. The monoisotopic (exact) mass is 389 g/mol. The Bertz CT molecular complexity index is 952. The van der Waals surface area contributed by atoms with Crippen LogP contribution in [0.15, 0.2) is 40.2 Å². The van der Waals surface area contributed by atoms with Crippen molar-refractivity contribution < 1.29 is 26.3 Å². The Labute approximate surface area is 149 Å². The Kier molecular flexibility index (Phi) is 5.50. The largest absolute Gasteiger partial charge is 0.493 e. The quantitative estimate of drug-likeness (QED) is 0.788. The third-order valence-electron chi connectivity index (χ3n) is 3.70. The van der Waals surface area contributed by atoms with E-state index in [-0.39, 0.29) is 16.2 Å². The minimum Gasteiger partial charge on any atom is -0.493 e. The topological polar surface area (TPSA) is 65.4 Å². The highest BCUT2D eigenvalue weighted by molar-refractivity contribution is 7.90. The molecule has 0 aliphatic heterocycles. The zero-order valence-corrected chi connectivity index (χ0v) is 15.2. The molecular weight excluding hydrogens is 371 g/mol. The zero-order valence-electron chi connectivity index (χ0n) is 14.4. The number of hydrogen-bond donors (Lipinski definition) is 0. The molecule has 1 aromatic heterocycles. The molecule has 0 radical (unpaired) electrons. The first-order valence-electron chi connectivity index (χ1n) is 7.60. The fourth-order valence-electron chi connectivity index (χ4n) is 2.39. The predicted molar refractivity (Wildman–Crippen MR) is 91.1 cm³/mol. The highest BCUT2D eigenvalue weighted by Crippen LogP contribution is 2.33. The van der Waals surface area contributed by atoms with Gasteiger partial charge in [-0.1, -0.05) is 0 Å². The minimum atomic E-state index is -4.36. The van der Waals surface area contributed by atoms with Crippen LogP contribution in [0.25, 0.3) is 11.1 Å². The molecule has 1 aromatic carbocycles. The van der Waals surface area contributed by atoms with Crippen molar-refractivity contribution in [1.82, 2.24) is 4.57 Å². The van der Waals surface area contributed by atoms with Crippen LogP contribution in [0.1, 0.15) is 12.0 Å². The number of ether oxygens (including phenoxy) is 1. The second kappa shape index (κ2) is 7.14. The van der Waals surface area contributed by atoms with E-state index in [0.29, 0.717) is 16.7 Å². The molecule has 5 nitrogen and oxygen atoms in total. The summed E-state index contributed by atoms with van der Waals surface area (Å²) in [6.45, 7) is 0.996. The van der Waals surface area contributed by atoms with Crippen molar-refractivity contribution in [3.8, 4) is 16.9 Å². The van der Waals surface area contributed by atoms with Crippen LogP contribution in [-0.4, -0.2) is 32.0 Å². The Morgan fingerprint density at radius 1 is 1.19 bits per heavy atom. The summed E-state index contributed by atoms with van der Waals surface area (Å²) in [6.07, 6.45) is -2.98. The average molecular weight is 389 g/mol. The summed E-state index contributed by atoms with van der Waals surface area (Å²) < 4.78 is 67.3. The van der Waals surface area contributed by atoms with Gasteiger partial charge in [-0.25, -0.2) is 8.42 Å². The van der Waals surface area contributed by atoms with Gasteiger partial charge in [-0.2, -0.15) is 13.2 Å². The molecule has 1 heterocycles. The van der Waals surface area contributed by atoms with Gasteiger partial charge in [0.2, 0.25) is 0 Å². The van der Waals surface area contributed by atoms with Crippen LogP contribution in [0.4, 0.5) is 13.2 Å². The molecule has 0 aliphatic carbocycles. The van der Waals surface area contributed by atoms with E-state index in [2.05, 4.69) is 0 Å². The van der Waals surface area contributed by atoms with E-state index in [4.69, 9.17) is 4.74 Å². The molecule has 0 bridgehead atoms. The maximum absolute atomic E-state index is 12.4. The van der Waals surface area contributed by atoms with Crippen molar-refractivity contribution in [1.29, 1.82) is 0 Å². The second-order valence-corrected chi connectivity index (χ2v) is 7.99. The van der Waals surface area contributed by atoms with Gasteiger partial charge >= 0.3 is 6.18 Å². The Balaban J connectivity index is 2.54. The number of hydrogen-bond acceptors (Lipinski definition) is 4. The number of aromatic nitrogens is 1. The molecule has 2 rings (SSSR count). The lowest BCUT2D eigenvalue weighted by Crippen LogP contribution is -2.18. The summed E-state index contributed by atoms with van der Waals surface area (Å²) in [6, 6.07) is 5.47.